The van der Waals surface area contributed by atoms with Crippen molar-refractivity contribution in [2.45, 2.75) is 38.0 Å². The van der Waals surface area contributed by atoms with Crippen molar-refractivity contribution in [1.29, 1.82) is 0 Å². The van der Waals surface area contributed by atoms with Crippen LogP contribution < -0.4 is 15.4 Å². The number of carbonyl (C=O) groups is 1. The molecular formula is C19H25N3O2S. The highest BCUT2D eigenvalue weighted by atomic mass is 32.1. The Morgan fingerprint density at radius 2 is 2.24 bits per heavy atom. The van der Waals surface area contributed by atoms with Gasteiger partial charge < -0.3 is 15.4 Å². The zero-order valence-electron chi connectivity index (χ0n) is 14.7. The zero-order valence-corrected chi connectivity index (χ0v) is 15.6. The van der Waals surface area contributed by atoms with E-state index in [1.165, 1.54) is 4.88 Å². The fourth-order valence-corrected chi connectivity index (χ4v) is 4.16. The van der Waals surface area contributed by atoms with Gasteiger partial charge >= 0.3 is 0 Å². The van der Waals surface area contributed by atoms with Crippen LogP contribution in [-0.2, 0) is 4.79 Å². The van der Waals surface area contributed by atoms with Gasteiger partial charge in [0.1, 0.15) is 5.75 Å². The monoisotopic (exact) mass is 359 g/mol. The van der Waals surface area contributed by atoms with Crippen LogP contribution in [0.15, 0.2) is 30.5 Å². The number of nitrogens with zero attached hydrogens (tertiary/aromatic N) is 1. The van der Waals surface area contributed by atoms with E-state index in [1.54, 1.807) is 18.4 Å². The van der Waals surface area contributed by atoms with Gasteiger partial charge in [-0.15, -0.1) is 11.3 Å². The number of amides is 1. The number of nitrogens with one attached hydrogen (secondary N) is 2. The van der Waals surface area contributed by atoms with Crippen molar-refractivity contribution in [3.63, 3.8) is 0 Å². The summed E-state index contributed by atoms with van der Waals surface area (Å²) in [5.41, 5.74) is 1.10. The summed E-state index contributed by atoms with van der Waals surface area (Å²) < 4.78 is 5.25. The lowest BCUT2D eigenvalue weighted by molar-refractivity contribution is -0.116. The second-order valence-electron chi connectivity index (χ2n) is 6.52. The normalized spacial score (nSPS) is 16.4. The molecule has 2 aromatic rings. The summed E-state index contributed by atoms with van der Waals surface area (Å²) in [5, 5.41) is 7.03. The first-order chi connectivity index (χ1) is 12.2. The lowest BCUT2D eigenvalue weighted by Crippen LogP contribution is -2.26. The molecule has 0 spiro atoms. The number of anilines is 1. The molecule has 1 unspecified atom stereocenters. The number of aromatic nitrogens is 1. The molecule has 2 N–H and O–H groups in total. The van der Waals surface area contributed by atoms with E-state index in [-0.39, 0.29) is 11.8 Å². The summed E-state index contributed by atoms with van der Waals surface area (Å²) in [4.78, 5) is 18.0. The van der Waals surface area contributed by atoms with Gasteiger partial charge in [-0.3, -0.25) is 4.79 Å². The fourth-order valence-electron chi connectivity index (χ4n) is 3.15. The third-order valence-corrected chi connectivity index (χ3v) is 5.74. The maximum atomic E-state index is 12.4. The van der Waals surface area contributed by atoms with Gasteiger partial charge in [-0.2, -0.15) is 0 Å². The van der Waals surface area contributed by atoms with Gasteiger partial charge in [0.05, 0.1) is 7.11 Å². The Labute approximate surface area is 152 Å². The van der Waals surface area contributed by atoms with E-state index in [4.69, 9.17) is 4.74 Å². The molecule has 0 aliphatic carbocycles. The molecule has 2 heterocycles. The Balaban J connectivity index is 1.56. The number of carbonyl (C=O) groups excluding carboxylic acids is 1. The molecule has 0 radical (unpaired) electrons. The number of rotatable bonds is 6. The summed E-state index contributed by atoms with van der Waals surface area (Å²) in [7, 11) is 1.65. The maximum Gasteiger partial charge on any atom is 0.226 e. The average molecular weight is 359 g/mol. The fraction of sp³-hybridized carbons (Fsp3) is 0.474. The minimum absolute atomic E-state index is 0.00142. The van der Waals surface area contributed by atoms with E-state index in [1.807, 2.05) is 30.5 Å². The van der Waals surface area contributed by atoms with Crippen LogP contribution >= 0.6 is 11.3 Å². The van der Waals surface area contributed by atoms with Crippen LogP contribution in [0, 0.1) is 0 Å². The van der Waals surface area contributed by atoms with Gasteiger partial charge in [-0.25, -0.2) is 4.98 Å². The molecule has 5 nitrogen and oxygen atoms in total. The van der Waals surface area contributed by atoms with Crippen LogP contribution in [-0.4, -0.2) is 31.1 Å². The third-order valence-electron chi connectivity index (χ3n) is 4.67. The van der Waals surface area contributed by atoms with E-state index >= 15 is 0 Å². The molecule has 0 saturated carbocycles. The van der Waals surface area contributed by atoms with Crippen LogP contribution in [0.4, 0.5) is 5.13 Å². The molecule has 1 amide bonds. The maximum absolute atomic E-state index is 12.4. The number of hydrogen-bond acceptors (Lipinski definition) is 5. The highest BCUT2D eigenvalue weighted by Crippen LogP contribution is 2.32. The smallest absolute Gasteiger partial charge is 0.226 e. The second-order valence-corrected chi connectivity index (χ2v) is 7.58. The number of thiazole rings is 1. The number of hydrogen-bond donors (Lipinski definition) is 2. The van der Waals surface area contributed by atoms with Crippen LogP contribution in [0.2, 0.25) is 0 Å². The van der Waals surface area contributed by atoms with E-state index < -0.39 is 0 Å². The van der Waals surface area contributed by atoms with Gasteiger partial charge in [0.15, 0.2) is 5.13 Å². The van der Waals surface area contributed by atoms with Gasteiger partial charge in [-0.05, 0) is 55.5 Å². The largest absolute Gasteiger partial charge is 0.497 e. The number of benzene rings is 1. The molecule has 1 aromatic carbocycles. The van der Waals surface area contributed by atoms with Crippen molar-refractivity contribution >= 4 is 22.4 Å². The first-order valence-electron chi connectivity index (χ1n) is 8.76. The third kappa shape index (κ3) is 4.80. The number of piperidine rings is 1. The van der Waals surface area contributed by atoms with Crippen molar-refractivity contribution in [2.75, 3.05) is 25.5 Å². The Morgan fingerprint density at radius 1 is 1.44 bits per heavy atom. The topological polar surface area (TPSA) is 63.2 Å². The van der Waals surface area contributed by atoms with Crippen molar-refractivity contribution < 1.29 is 9.53 Å². The Kier molecular flexibility index (Phi) is 6.04. The SMILES string of the molecule is COc1cccc(C(C)CC(=O)Nc2ncc(C3CCNCC3)s2)c1. The van der Waals surface area contributed by atoms with Crippen LogP contribution in [0.1, 0.15) is 48.5 Å². The Bertz CT molecular complexity index is 710. The summed E-state index contributed by atoms with van der Waals surface area (Å²) in [6, 6.07) is 7.87. The van der Waals surface area contributed by atoms with Crippen LogP contribution in [0.25, 0.3) is 0 Å². The first-order valence-corrected chi connectivity index (χ1v) is 9.57. The van der Waals surface area contributed by atoms with Crippen molar-refractivity contribution in [3.8, 4) is 5.75 Å². The molecule has 1 aromatic heterocycles. The molecular weight excluding hydrogens is 334 g/mol. The van der Waals surface area contributed by atoms with E-state index in [0.29, 0.717) is 17.5 Å². The molecule has 134 valence electrons. The molecule has 0 bridgehead atoms. The molecule has 3 rings (SSSR count). The lowest BCUT2D eigenvalue weighted by atomic mass is 9.97. The summed E-state index contributed by atoms with van der Waals surface area (Å²) >= 11 is 1.61. The van der Waals surface area contributed by atoms with Crippen molar-refractivity contribution in [3.05, 3.63) is 40.9 Å². The van der Waals surface area contributed by atoms with Crippen molar-refractivity contribution in [1.82, 2.24) is 10.3 Å². The molecule has 1 saturated heterocycles. The first kappa shape index (κ1) is 17.9. The standard InChI is InChI=1S/C19H25N3O2S/c1-13(15-4-3-5-16(11-15)24-2)10-18(23)22-19-21-12-17(25-19)14-6-8-20-9-7-14/h3-5,11-14,20H,6-10H2,1-2H3,(H,21,22,23). The second kappa shape index (κ2) is 8.45. The van der Waals surface area contributed by atoms with Crippen LogP contribution in [0.5, 0.6) is 5.75 Å². The van der Waals surface area contributed by atoms with E-state index in [0.717, 1.165) is 37.2 Å². The molecule has 1 fully saturated rings. The molecule has 1 aliphatic heterocycles. The zero-order chi connectivity index (χ0) is 17.6. The Hall–Kier alpha value is -1.92. The molecule has 1 aliphatic rings. The number of ether oxygens (including phenoxy) is 1. The number of methoxy groups -OCH3 is 1. The van der Waals surface area contributed by atoms with Gasteiger partial charge in [0.2, 0.25) is 5.91 Å². The van der Waals surface area contributed by atoms with Crippen molar-refractivity contribution in [2.24, 2.45) is 0 Å². The predicted molar refractivity (Wildman–Crippen MR) is 102 cm³/mol. The highest BCUT2D eigenvalue weighted by Gasteiger charge is 2.19. The quantitative estimate of drug-likeness (QED) is 0.824. The predicted octanol–water partition coefficient (Wildman–Crippen LogP) is 3.75. The minimum atomic E-state index is 0.00142. The van der Waals surface area contributed by atoms with E-state index in [9.17, 15) is 4.79 Å². The molecule has 1 atom stereocenters. The highest BCUT2D eigenvalue weighted by molar-refractivity contribution is 7.15. The summed E-state index contributed by atoms with van der Waals surface area (Å²) in [6.07, 6.45) is 4.63. The Morgan fingerprint density at radius 3 is 3.00 bits per heavy atom. The van der Waals surface area contributed by atoms with Gasteiger partial charge in [0, 0.05) is 17.5 Å². The minimum Gasteiger partial charge on any atom is -0.497 e. The van der Waals surface area contributed by atoms with Gasteiger partial charge in [0.25, 0.3) is 0 Å². The average Bonchev–Trinajstić information content (AvgIpc) is 3.10. The van der Waals surface area contributed by atoms with Crippen LogP contribution in [0.3, 0.4) is 0 Å². The summed E-state index contributed by atoms with van der Waals surface area (Å²) in [5.74, 6) is 1.51. The van der Waals surface area contributed by atoms with E-state index in [2.05, 4.69) is 22.5 Å². The molecule has 25 heavy (non-hydrogen) atoms. The van der Waals surface area contributed by atoms with Gasteiger partial charge in [-0.1, -0.05) is 19.1 Å². The molecule has 6 heteroatoms. The summed E-state index contributed by atoms with van der Waals surface area (Å²) in [6.45, 7) is 4.17. The lowest BCUT2D eigenvalue weighted by Gasteiger charge is -2.20.